The number of carbonyl (C=O) groups excluding carboxylic acids is 1. The summed E-state index contributed by atoms with van der Waals surface area (Å²) in [6.45, 7) is 7.36. The molecule has 1 aromatic carbocycles. The van der Waals surface area contributed by atoms with Crippen LogP contribution in [0.15, 0.2) is 58.3 Å². The van der Waals surface area contributed by atoms with Crippen LogP contribution in [0.3, 0.4) is 0 Å². The van der Waals surface area contributed by atoms with E-state index in [2.05, 4.69) is 23.7 Å². The van der Waals surface area contributed by atoms with Crippen LogP contribution in [0.4, 0.5) is 0 Å². The number of thiophene rings is 1. The molecule has 4 rings (SSSR count). The molecule has 1 aliphatic rings. The third kappa shape index (κ3) is 3.52. The molecule has 0 aliphatic carbocycles. The van der Waals surface area contributed by atoms with Crippen LogP contribution in [-0.4, -0.2) is 32.2 Å². The summed E-state index contributed by atoms with van der Waals surface area (Å²) in [5.41, 5.74) is 2.44. The van der Waals surface area contributed by atoms with Gasteiger partial charge in [-0.3, -0.25) is 14.2 Å². The van der Waals surface area contributed by atoms with Crippen LogP contribution in [0.25, 0.3) is 10.2 Å². The van der Waals surface area contributed by atoms with E-state index >= 15 is 0 Å². The van der Waals surface area contributed by atoms with Crippen molar-refractivity contribution in [1.82, 2.24) is 14.5 Å². The van der Waals surface area contributed by atoms with Gasteiger partial charge in [-0.25, -0.2) is 4.98 Å². The predicted octanol–water partition coefficient (Wildman–Crippen LogP) is 3.71. The third-order valence-corrected chi connectivity index (χ3v) is 6.82. The van der Waals surface area contributed by atoms with Crippen LogP contribution >= 0.6 is 23.1 Å². The van der Waals surface area contributed by atoms with Crippen LogP contribution in [0.5, 0.6) is 0 Å². The van der Waals surface area contributed by atoms with Gasteiger partial charge >= 0.3 is 0 Å². The summed E-state index contributed by atoms with van der Waals surface area (Å²) in [4.78, 5) is 33.1. The Morgan fingerprint density at radius 2 is 2.14 bits per heavy atom. The van der Waals surface area contributed by atoms with E-state index in [-0.39, 0.29) is 16.7 Å². The summed E-state index contributed by atoms with van der Waals surface area (Å²) in [5, 5.41) is 2.72. The van der Waals surface area contributed by atoms with E-state index in [1.54, 1.807) is 16.7 Å². The van der Waals surface area contributed by atoms with Gasteiger partial charge in [0.05, 0.1) is 10.6 Å². The second-order valence-corrected chi connectivity index (χ2v) is 8.98. The number of thioether (sulfide) groups is 1. The summed E-state index contributed by atoms with van der Waals surface area (Å²) in [7, 11) is 0. The Hall–Kier alpha value is -2.38. The predicted molar refractivity (Wildman–Crippen MR) is 115 cm³/mol. The maximum absolute atomic E-state index is 13.1. The Labute approximate surface area is 171 Å². The van der Waals surface area contributed by atoms with Gasteiger partial charge in [-0.15, -0.1) is 17.9 Å². The van der Waals surface area contributed by atoms with Gasteiger partial charge in [0.15, 0.2) is 5.16 Å². The summed E-state index contributed by atoms with van der Waals surface area (Å²) in [5.74, 6) is 0.0742. The molecular formula is C21H21N3O2S2. The van der Waals surface area contributed by atoms with Crippen LogP contribution in [0, 0.1) is 0 Å². The van der Waals surface area contributed by atoms with E-state index in [1.807, 2.05) is 29.3 Å². The number of hydrogen-bond acceptors (Lipinski definition) is 5. The fourth-order valence-corrected chi connectivity index (χ4v) is 5.27. The molecule has 0 radical (unpaired) electrons. The molecule has 0 fully saturated rings. The van der Waals surface area contributed by atoms with Crippen molar-refractivity contribution in [2.75, 3.05) is 6.54 Å². The Kier molecular flexibility index (Phi) is 5.37. The van der Waals surface area contributed by atoms with Crippen LogP contribution < -0.4 is 5.56 Å². The average molecular weight is 412 g/mol. The molecule has 1 aliphatic heterocycles. The number of allylic oxidation sites excluding steroid dienone is 1. The highest BCUT2D eigenvalue weighted by molar-refractivity contribution is 8.00. The molecule has 3 heterocycles. The highest BCUT2D eigenvalue weighted by Gasteiger charge is 2.26. The Morgan fingerprint density at radius 3 is 2.93 bits per heavy atom. The lowest BCUT2D eigenvalue weighted by Gasteiger charge is -2.30. The maximum atomic E-state index is 13.1. The van der Waals surface area contributed by atoms with Crippen molar-refractivity contribution in [3.63, 3.8) is 0 Å². The molecule has 0 N–H and O–H groups in total. The zero-order valence-corrected chi connectivity index (χ0v) is 17.3. The molecule has 3 aromatic rings. The largest absolute Gasteiger partial charge is 0.337 e. The van der Waals surface area contributed by atoms with Gasteiger partial charge in [0.2, 0.25) is 5.91 Å². The molecule has 1 amide bonds. The number of aromatic nitrogens is 2. The highest BCUT2D eigenvalue weighted by atomic mass is 32.2. The SMILES string of the molecule is C=CCn1c(S[C@@H](C)C(=O)N2CCc3ccccc3C2)nc2sccc2c1=O. The molecule has 0 spiro atoms. The van der Waals surface area contributed by atoms with Crippen LogP contribution in [0.2, 0.25) is 0 Å². The molecule has 0 saturated carbocycles. The number of hydrogen-bond donors (Lipinski definition) is 0. The normalized spacial score (nSPS) is 14.7. The number of rotatable bonds is 5. The van der Waals surface area contributed by atoms with Crippen molar-refractivity contribution >= 4 is 39.2 Å². The van der Waals surface area contributed by atoms with E-state index in [4.69, 9.17) is 0 Å². The summed E-state index contributed by atoms with van der Waals surface area (Å²) < 4.78 is 1.60. The van der Waals surface area contributed by atoms with Crippen molar-refractivity contribution in [3.8, 4) is 0 Å². The van der Waals surface area contributed by atoms with Gasteiger partial charge in [-0.1, -0.05) is 42.1 Å². The smallest absolute Gasteiger partial charge is 0.263 e. The first-order valence-electron chi connectivity index (χ1n) is 9.19. The number of benzene rings is 1. The molecule has 0 bridgehead atoms. The van der Waals surface area contributed by atoms with Crippen molar-refractivity contribution in [1.29, 1.82) is 0 Å². The molecular weight excluding hydrogens is 390 g/mol. The van der Waals surface area contributed by atoms with Crippen molar-refractivity contribution < 1.29 is 4.79 Å². The molecule has 5 nitrogen and oxygen atoms in total. The van der Waals surface area contributed by atoms with Gasteiger partial charge in [-0.2, -0.15) is 0 Å². The Balaban J connectivity index is 1.57. The van der Waals surface area contributed by atoms with Crippen molar-refractivity contribution in [3.05, 3.63) is 69.8 Å². The van der Waals surface area contributed by atoms with Crippen molar-refractivity contribution in [2.45, 2.75) is 36.8 Å². The quantitative estimate of drug-likeness (QED) is 0.365. The average Bonchev–Trinajstić information content (AvgIpc) is 3.18. The second kappa shape index (κ2) is 7.93. The molecule has 0 unspecified atom stereocenters. The van der Waals surface area contributed by atoms with Gasteiger partial charge in [0, 0.05) is 19.6 Å². The first-order valence-corrected chi connectivity index (χ1v) is 11.0. The van der Waals surface area contributed by atoms with E-state index in [1.165, 1.54) is 34.2 Å². The zero-order chi connectivity index (χ0) is 19.7. The number of fused-ring (bicyclic) bond motifs is 2. The molecule has 1 atom stereocenters. The molecule has 2 aromatic heterocycles. The third-order valence-electron chi connectivity index (χ3n) is 4.93. The lowest BCUT2D eigenvalue weighted by atomic mass is 10.00. The highest BCUT2D eigenvalue weighted by Crippen LogP contribution is 2.27. The molecule has 28 heavy (non-hydrogen) atoms. The van der Waals surface area contributed by atoms with Gasteiger partial charge in [0.25, 0.3) is 5.56 Å². The summed E-state index contributed by atoms with van der Waals surface area (Å²) in [6, 6.07) is 10.1. The number of carbonyl (C=O) groups is 1. The lowest BCUT2D eigenvalue weighted by Crippen LogP contribution is -2.40. The van der Waals surface area contributed by atoms with Crippen LogP contribution in [0.1, 0.15) is 18.1 Å². The standard InChI is InChI=1S/C21H21N3O2S2/c1-3-10-24-20(26)17-9-12-27-18(17)22-21(24)28-14(2)19(25)23-11-8-15-6-4-5-7-16(15)13-23/h3-7,9,12,14H,1,8,10-11,13H2,2H3/t14-/m0/s1. The van der Waals surface area contributed by atoms with Gasteiger partial charge in [0.1, 0.15) is 4.83 Å². The summed E-state index contributed by atoms with van der Waals surface area (Å²) >= 11 is 2.78. The van der Waals surface area contributed by atoms with E-state index < -0.39 is 0 Å². The minimum Gasteiger partial charge on any atom is -0.337 e. The molecule has 144 valence electrons. The number of nitrogens with zero attached hydrogens (tertiary/aromatic N) is 3. The first kappa shape index (κ1) is 19.0. The van der Waals surface area contributed by atoms with E-state index in [0.717, 1.165) is 13.0 Å². The maximum Gasteiger partial charge on any atom is 0.263 e. The zero-order valence-electron chi connectivity index (χ0n) is 15.6. The first-order chi connectivity index (χ1) is 13.6. The minimum atomic E-state index is -0.328. The van der Waals surface area contributed by atoms with E-state index in [0.29, 0.717) is 28.5 Å². The lowest BCUT2D eigenvalue weighted by molar-refractivity contribution is -0.131. The molecule has 0 saturated heterocycles. The van der Waals surface area contributed by atoms with E-state index in [9.17, 15) is 9.59 Å². The fourth-order valence-electron chi connectivity index (χ4n) is 3.46. The number of amides is 1. The Bertz CT molecular complexity index is 1100. The molecule has 7 heteroatoms. The van der Waals surface area contributed by atoms with Gasteiger partial charge in [-0.05, 0) is 35.9 Å². The minimum absolute atomic E-state index is 0.0742. The topological polar surface area (TPSA) is 55.2 Å². The van der Waals surface area contributed by atoms with Crippen LogP contribution in [-0.2, 0) is 24.3 Å². The van der Waals surface area contributed by atoms with Gasteiger partial charge < -0.3 is 4.90 Å². The second-order valence-electron chi connectivity index (χ2n) is 6.78. The van der Waals surface area contributed by atoms with Crippen molar-refractivity contribution in [2.24, 2.45) is 0 Å². The summed E-state index contributed by atoms with van der Waals surface area (Å²) in [6.07, 6.45) is 2.55. The Morgan fingerprint density at radius 1 is 1.36 bits per heavy atom. The fraction of sp³-hybridized carbons (Fsp3) is 0.286. The monoisotopic (exact) mass is 411 g/mol.